The number of rotatable bonds is 4. The molecule has 2 aromatic rings. The molecule has 100 valence electrons. The standard InChI is InChI=1S/C15H18N2O2/c1-11-8-12(2)15(13(3)9-11)19-7-4-14(18)17-6-5-16-10-17/h5-6,8-10H,4,7H2,1-3H3. The first kappa shape index (κ1) is 13.3. The molecule has 0 aliphatic rings. The van der Waals surface area contributed by atoms with E-state index in [1.807, 2.05) is 13.8 Å². The van der Waals surface area contributed by atoms with E-state index in [1.165, 1.54) is 16.5 Å². The summed E-state index contributed by atoms with van der Waals surface area (Å²) in [5.74, 6) is 0.865. The molecule has 0 fully saturated rings. The Hall–Kier alpha value is -2.10. The van der Waals surface area contributed by atoms with Gasteiger partial charge in [-0.2, -0.15) is 0 Å². The zero-order valence-corrected chi connectivity index (χ0v) is 11.5. The van der Waals surface area contributed by atoms with Crippen LogP contribution in [0.5, 0.6) is 5.75 Å². The molecule has 0 amide bonds. The molecule has 4 nitrogen and oxygen atoms in total. The maximum absolute atomic E-state index is 11.8. The van der Waals surface area contributed by atoms with Crippen LogP contribution >= 0.6 is 0 Å². The molecule has 1 heterocycles. The fraction of sp³-hybridized carbons (Fsp3) is 0.333. The number of aryl methyl sites for hydroxylation is 3. The predicted octanol–water partition coefficient (Wildman–Crippen LogP) is 2.92. The van der Waals surface area contributed by atoms with Crippen molar-refractivity contribution >= 4 is 5.91 Å². The van der Waals surface area contributed by atoms with E-state index in [4.69, 9.17) is 4.74 Å². The molecule has 0 radical (unpaired) electrons. The lowest BCUT2D eigenvalue weighted by Gasteiger charge is -2.12. The second-order valence-electron chi connectivity index (χ2n) is 4.69. The molecule has 0 N–H and O–H groups in total. The number of ether oxygens (including phenoxy) is 1. The van der Waals surface area contributed by atoms with Gasteiger partial charge in [-0.05, 0) is 31.9 Å². The molecule has 1 aromatic carbocycles. The van der Waals surface area contributed by atoms with Gasteiger partial charge in [0.15, 0.2) is 0 Å². The van der Waals surface area contributed by atoms with Crippen LogP contribution in [0.15, 0.2) is 30.9 Å². The van der Waals surface area contributed by atoms with Crippen LogP contribution in [-0.4, -0.2) is 22.1 Å². The maximum atomic E-state index is 11.8. The summed E-state index contributed by atoms with van der Waals surface area (Å²) in [6, 6.07) is 4.17. The molecule has 2 rings (SSSR count). The minimum atomic E-state index is -0.0140. The Bertz CT molecular complexity index is 551. The SMILES string of the molecule is Cc1cc(C)c(OCCC(=O)n2ccnc2)c(C)c1. The molecule has 0 aliphatic carbocycles. The molecule has 19 heavy (non-hydrogen) atoms. The van der Waals surface area contributed by atoms with Gasteiger partial charge in [-0.3, -0.25) is 9.36 Å². The van der Waals surface area contributed by atoms with Gasteiger partial charge < -0.3 is 4.74 Å². The summed E-state index contributed by atoms with van der Waals surface area (Å²) in [5, 5.41) is 0. The first-order chi connectivity index (χ1) is 9.08. The fourth-order valence-electron chi connectivity index (χ4n) is 2.17. The van der Waals surface area contributed by atoms with Gasteiger partial charge in [-0.1, -0.05) is 17.7 Å². The minimum absolute atomic E-state index is 0.0140. The van der Waals surface area contributed by atoms with Crippen LogP contribution in [0.4, 0.5) is 0 Å². The highest BCUT2D eigenvalue weighted by Crippen LogP contribution is 2.24. The van der Waals surface area contributed by atoms with Crippen molar-refractivity contribution in [1.29, 1.82) is 0 Å². The number of hydrogen-bond donors (Lipinski definition) is 0. The quantitative estimate of drug-likeness (QED) is 0.847. The molecule has 1 aromatic heterocycles. The van der Waals surface area contributed by atoms with Gasteiger partial charge in [-0.15, -0.1) is 0 Å². The van der Waals surface area contributed by atoms with Gasteiger partial charge in [-0.25, -0.2) is 4.98 Å². The predicted molar refractivity (Wildman–Crippen MR) is 73.6 cm³/mol. The highest BCUT2D eigenvalue weighted by Gasteiger charge is 2.08. The number of carbonyl (C=O) groups is 1. The lowest BCUT2D eigenvalue weighted by molar-refractivity contribution is 0.0880. The summed E-state index contributed by atoms with van der Waals surface area (Å²) in [5.41, 5.74) is 3.43. The second-order valence-corrected chi connectivity index (χ2v) is 4.69. The van der Waals surface area contributed by atoms with Gasteiger partial charge in [0.05, 0.1) is 13.0 Å². The summed E-state index contributed by atoms with van der Waals surface area (Å²) in [4.78, 5) is 15.6. The maximum Gasteiger partial charge on any atom is 0.235 e. The van der Waals surface area contributed by atoms with Gasteiger partial charge in [0.1, 0.15) is 12.1 Å². The van der Waals surface area contributed by atoms with E-state index in [9.17, 15) is 4.79 Å². The number of carbonyl (C=O) groups excluding carboxylic acids is 1. The van der Waals surface area contributed by atoms with E-state index in [0.717, 1.165) is 16.9 Å². The largest absolute Gasteiger partial charge is 0.493 e. The van der Waals surface area contributed by atoms with Crippen molar-refractivity contribution in [1.82, 2.24) is 9.55 Å². The number of imidazole rings is 1. The van der Waals surface area contributed by atoms with Crippen molar-refractivity contribution in [3.8, 4) is 5.75 Å². The van der Waals surface area contributed by atoms with Crippen molar-refractivity contribution in [2.24, 2.45) is 0 Å². The lowest BCUT2D eigenvalue weighted by Crippen LogP contribution is -2.13. The third-order valence-corrected chi connectivity index (χ3v) is 2.96. The number of nitrogens with zero attached hydrogens (tertiary/aromatic N) is 2. The first-order valence-electron chi connectivity index (χ1n) is 6.29. The normalized spacial score (nSPS) is 10.5. The van der Waals surface area contributed by atoms with Crippen molar-refractivity contribution in [2.45, 2.75) is 27.2 Å². The smallest absolute Gasteiger partial charge is 0.235 e. The zero-order valence-electron chi connectivity index (χ0n) is 11.5. The Balaban J connectivity index is 1.95. The summed E-state index contributed by atoms with van der Waals surface area (Å²) >= 11 is 0. The van der Waals surface area contributed by atoms with Gasteiger partial charge in [0.2, 0.25) is 5.91 Å². The Kier molecular flexibility index (Phi) is 4.00. The molecule has 0 spiro atoms. The molecule has 4 heteroatoms. The van der Waals surface area contributed by atoms with Crippen LogP contribution in [0, 0.1) is 20.8 Å². The molecule has 0 saturated heterocycles. The van der Waals surface area contributed by atoms with Crippen LogP contribution in [0.2, 0.25) is 0 Å². The van der Waals surface area contributed by atoms with E-state index in [-0.39, 0.29) is 5.91 Å². The van der Waals surface area contributed by atoms with E-state index in [1.54, 1.807) is 12.4 Å². The number of aromatic nitrogens is 2. The van der Waals surface area contributed by atoms with Gasteiger partial charge in [0, 0.05) is 12.4 Å². The van der Waals surface area contributed by atoms with Crippen LogP contribution < -0.4 is 4.74 Å². The number of benzene rings is 1. The lowest BCUT2D eigenvalue weighted by atomic mass is 10.1. The van der Waals surface area contributed by atoms with E-state index < -0.39 is 0 Å². The zero-order chi connectivity index (χ0) is 13.8. The fourth-order valence-corrected chi connectivity index (χ4v) is 2.17. The first-order valence-corrected chi connectivity index (χ1v) is 6.29. The minimum Gasteiger partial charge on any atom is -0.493 e. The molecule has 0 aliphatic heterocycles. The van der Waals surface area contributed by atoms with Gasteiger partial charge in [0.25, 0.3) is 0 Å². The number of hydrogen-bond acceptors (Lipinski definition) is 3. The Morgan fingerprint density at radius 1 is 1.26 bits per heavy atom. The Morgan fingerprint density at radius 2 is 1.95 bits per heavy atom. The summed E-state index contributed by atoms with van der Waals surface area (Å²) in [7, 11) is 0. The molecular formula is C15H18N2O2. The summed E-state index contributed by atoms with van der Waals surface area (Å²) < 4.78 is 7.21. The molecule has 0 unspecified atom stereocenters. The van der Waals surface area contributed by atoms with Crippen molar-refractivity contribution in [3.05, 3.63) is 47.5 Å². The highest BCUT2D eigenvalue weighted by molar-refractivity contribution is 5.78. The third-order valence-electron chi connectivity index (χ3n) is 2.96. The van der Waals surface area contributed by atoms with Crippen LogP contribution in [0.3, 0.4) is 0 Å². The highest BCUT2D eigenvalue weighted by atomic mass is 16.5. The molecule has 0 bridgehead atoms. The summed E-state index contributed by atoms with van der Waals surface area (Å²) in [6.07, 6.45) is 5.07. The topological polar surface area (TPSA) is 44.1 Å². The molecule has 0 saturated carbocycles. The monoisotopic (exact) mass is 258 g/mol. The average molecular weight is 258 g/mol. The van der Waals surface area contributed by atoms with E-state index >= 15 is 0 Å². The van der Waals surface area contributed by atoms with Crippen molar-refractivity contribution in [2.75, 3.05) is 6.61 Å². The van der Waals surface area contributed by atoms with Crippen LogP contribution in [0.1, 0.15) is 27.9 Å². The van der Waals surface area contributed by atoms with Crippen molar-refractivity contribution in [3.63, 3.8) is 0 Å². The second kappa shape index (κ2) is 5.69. The molecule has 0 atom stereocenters. The summed E-state index contributed by atoms with van der Waals surface area (Å²) in [6.45, 7) is 6.48. The Labute approximate surface area is 113 Å². The third kappa shape index (κ3) is 3.22. The molecular weight excluding hydrogens is 240 g/mol. The van der Waals surface area contributed by atoms with Crippen molar-refractivity contribution < 1.29 is 9.53 Å². The van der Waals surface area contributed by atoms with Crippen LogP contribution in [-0.2, 0) is 0 Å². The average Bonchev–Trinajstić information content (AvgIpc) is 2.85. The van der Waals surface area contributed by atoms with E-state index in [0.29, 0.717) is 13.0 Å². The van der Waals surface area contributed by atoms with Crippen LogP contribution in [0.25, 0.3) is 0 Å². The van der Waals surface area contributed by atoms with Gasteiger partial charge >= 0.3 is 0 Å². The Morgan fingerprint density at radius 3 is 2.53 bits per heavy atom. The van der Waals surface area contributed by atoms with E-state index in [2.05, 4.69) is 24.0 Å².